The number of rotatable bonds is 8. The number of hydrogen-bond donors (Lipinski definition) is 0. The van der Waals surface area contributed by atoms with Gasteiger partial charge < -0.3 is 9.47 Å². The van der Waals surface area contributed by atoms with Crippen LogP contribution < -0.4 is 9.47 Å². The first-order valence-corrected chi connectivity index (χ1v) is 8.85. The molecule has 0 fully saturated rings. The van der Waals surface area contributed by atoms with E-state index in [1.165, 1.54) is 13.2 Å². The monoisotopic (exact) mass is 379 g/mol. The van der Waals surface area contributed by atoms with E-state index in [1.54, 1.807) is 23.5 Å². The SMILES string of the molecule is COc1cc(CN(C)Cn2ccc(-c3ccsc3)n2)ccc1OC(F)F. The summed E-state index contributed by atoms with van der Waals surface area (Å²) in [5.41, 5.74) is 2.97. The van der Waals surface area contributed by atoms with Gasteiger partial charge in [0, 0.05) is 23.7 Å². The van der Waals surface area contributed by atoms with Gasteiger partial charge in [0.25, 0.3) is 0 Å². The number of nitrogens with zero attached hydrogens (tertiary/aromatic N) is 3. The molecular formula is C18H19F2N3O2S. The smallest absolute Gasteiger partial charge is 0.387 e. The number of methoxy groups -OCH3 is 1. The molecule has 0 unspecified atom stereocenters. The average Bonchev–Trinajstić information content (AvgIpc) is 3.27. The maximum absolute atomic E-state index is 12.4. The number of ether oxygens (including phenoxy) is 2. The van der Waals surface area contributed by atoms with Crippen molar-refractivity contribution in [2.45, 2.75) is 19.8 Å². The van der Waals surface area contributed by atoms with E-state index in [0.717, 1.165) is 16.8 Å². The molecule has 0 spiro atoms. The molecule has 3 aromatic rings. The van der Waals surface area contributed by atoms with Crippen molar-refractivity contribution >= 4 is 11.3 Å². The highest BCUT2D eigenvalue weighted by molar-refractivity contribution is 7.08. The predicted molar refractivity (Wildman–Crippen MR) is 96.6 cm³/mol. The standard InChI is InChI=1S/C18H19F2N3O2S/c1-22(12-23-7-5-15(21-23)14-6-8-26-11-14)10-13-3-4-16(25-18(19)20)17(9-13)24-2/h3-9,11,18H,10,12H2,1-2H3. The van der Waals surface area contributed by atoms with Crippen LogP contribution in [0.4, 0.5) is 8.78 Å². The minimum Gasteiger partial charge on any atom is -0.493 e. The second-order valence-electron chi connectivity index (χ2n) is 5.77. The second kappa shape index (κ2) is 8.29. The van der Waals surface area contributed by atoms with E-state index < -0.39 is 6.61 Å². The van der Waals surface area contributed by atoms with E-state index in [9.17, 15) is 8.78 Å². The number of halogens is 2. The van der Waals surface area contributed by atoms with Crippen LogP contribution in [-0.2, 0) is 13.2 Å². The number of alkyl halides is 2. The van der Waals surface area contributed by atoms with Gasteiger partial charge in [-0.05, 0) is 42.3 Å². The molecule has 5 nitrogen and oxygen atoms in total. The molecule has 1 aromatic carbocycles. The summed E-state index contributed by atoms with van der Waals surface area (Å²) in [5.74, 6) is 0.316. The van der Waals surface area contributed by atoms with E-state index in [4.69, 9.17) is 4.74 Å². The van der Waals surface area contributed by atoms with Crippen molar-refractivity contribution in [3.05, 3.63) is 52.9 Å². The van der Waals surface area contributed by atoms with Crippen LogP contribution in [0.1, 0.15) is 5.56 Å². The van der Waals surface area contributed by atoms with E-state index in [0.29, 0.717) is 13.2 Å². The average molecular weight is 379 g/mol. The van der Waals surface area contributed by atoms with Crippen LogP contribution in [0.25, 0.3) is 11.3 Å². The molecule has 3 rings (SSSR count). The molecule has 0 saturated carbocycles. The van der Waals surface area contributed by atoms with Crippen molar-refractivity contribution in [3.63, 3.8) is 0 Å². The quantitative estimate of drug-likeness (QED) is 0.585. The van der Waals surface area contributed by atoms with Crippen LogP contribution in [0.15, 0.2) is 47.3 Å². The molecular weight excluding hydrogens is 360 g/mol. The van der Waals surface area contributed by atoms with Gasteiger partial charge in [0.05, 0.1) is 19.5 Å². The van der Waals surface area contributed by atoms with Gasteiger partial charge in [0.15, 0.2) is 11.5 Å². The summed E-state index contributed by atoms with van der Waals surface area (Å²) < 4.78 is 36.2. The summed E-state index contributed by atoms with van der Waals surface area (Å²) in [6.07, 6.45) is 1.93. The maximum Gasteiger partial charge on any atom is 0.387 e. The summed E-state index contributed by atoms with van der Waals surface area (Å²) in [7, 11) is 3.39. The molecule has 0 radical (unpaired) electrons. The number of aromatic nitrogens is 2. The lowest BCUT2D eigenvalue weighted by Crippen LogP contribution is -2.22. The van der Waals surface area contributed by atoms with Crippen molar-refractivity contribution in [2.75, 3.05) is 14.2 Å². The van der Waals surface area contributed by atoms with Gasteiger partial charge in [-0.25, -0.2) is 0 Å². The van der Waals surface area contributed by atoms with Crippen LogP contribution in [0, 0.1) is 0 Å². The summed E-state index contributed by atoms with van der Waals surface area (Å²) in [6, 6.07) is 8.97. The molecule has 0 aliphatic heterocycles. The molecule has 0 saturated heterocycles. The fraction of sp³-hybridized carbons (Fsp3) is 0.278. The van der Waals surface area contributed by atoms with Crippen molar-refractivity contribution in [1.82, 2.24) is 14.7 Å². The molecule has 2 heterocycles. The Morgan fingerprint density at radius 3 is 2.77 bits per heavy atom. The maximum atomic E-state index is 12.4. The normalized spacial score (nSPS) is 11.3. The highest BCUT2D eigenvalue weighted by Gasteiger charge is 2.12. The molecule has 0 aliphatic carbocycles. The Balaban J connectivity index is 1.63. The molecule has 0 aliphatic rings. The van der Waals surface area contributed by atoms with E-state index in [1.807, 2.05) is 35.4 Å². The first-order chi connectivity index (χ1) is 12.5. The van der Waals surface area contributed by atoms with Crippen LogP contribution in [0.5, 0.6) is 11.5 Å². The third-order valence-electron chi connectivity index (χ3n) is 3.74. The zero-order chi connectivity index (χ0) is 18.5. The molecule has 0 bridgehead atoms. The van der Waals surface area contributed by atoms with Crippen molar-refractivity contribution in [1.29, 1.82) is 0 Å². The van der Waals surface area contributed by atoms with Crippen molar-refractivity contribution < 1.29 is 18.3 Å². The topological polar surface area (TPSA) is 39.5 Å². The van der Waals surface area contributed by atoms with E-state index in [2.05, 4.69) is 20.1 Å². The Bertz CT molecular complexity index is 837. The van der Waals surface area contributed by atoms with Crippen LogP contribution in [0.3, 0.4) is 0 Å². The summed E-state index contributed by atoms with van der Waals surface area (Å²) in [5, 5.41) is 8.65. The van der Waals surface area contributed by atoms with Gasteiger partial charge in [-0.2, -0.15) is 25.2 Å². The van der Waals surface area contributed by atoms with Gasteiger partial charge in [-0.15, -0.1) is 0 Å². The number of thiophene rings is 1. The second-order valence-corrected chi connectivity index (χ2v) is 6.55. The Morgan fingerprint density at radius 1 is 1.23 bits per heavy atom. The molecule has 8 heteroatoms. The molecule has 2 aromatic heterocycles. The largest absolute Gasteiger partial charge is 0.493 e. The predicted octanol–water partition coefficient (Wildman–Crippen LogP) is 4.31. The summed E-state index contributed by atoms with van der Waals surface area (Å²) in [4.78, 5) is 2.06. The van der Waals surface area contributed by atoms with Crippen molar-refractivity contribution in [2.24, 2.45) is 0 Å². The highest BCUT2D eigenvalue weighted by Crippen LogP contribution is 2.29. The van der Waals surface area contributed by atoms with E-state index >= 15 is 0 Å². The number of hydrogen-bond acceptors (Lipinski definition) is 5. The summed E-state index contributed by atoms with van der Waals surface area (Å²) >= 11 is 1.64. The lowest BCUT2D eigenvalue weighted by Gasteiger charge is -2.18. The zero-order valence-corrected chi connectivity index (χ0v) is 15.2. The van der Waals surface area contributed by atoms with Gasteiger partial charge >= 0.3 is 6.61 Å². The van der Waals surface area contributed by atoms with Gasteiger partial charge in [0.2, 0.25) is 0 Å². The Hall–Kier alpha value is -2.45. The number of benzene rings is 1. The third kappa shape index (κ3) is 4.59. The first-order valence-electron chi connectivity index (χ1n) is 7.91. The minimum absolute atomic E-state index is 0.0291. The lowest BCUT2D eigenvalue weighted by atomic mass is 10.2. The van der Waals surface area contributed by atoms with Crippen molar-refractivity contribution in [3.8, 4) is 22.8 Å². The fourth-order valence-electron chi connectivity index (χ4n) is 2.62. The van der Waals surface area contributed by atoms with Crippen LogP contribution in [0.2, 0.25) is 0 Å². The fourth-order valence-corrected chi connectivity index (χ4v) is 3.27. The van der Waals surface area contributed by atoms with Gasteiger partial charge in [-0.1, -0.05) is 6.07 Å². The molecule has 0 N–H and O–H groups in total. The van der Waals surface area contributed by atoms with Gasteiger partial charge in [0.1, 0.15) is 0 Å². The highest BCUT2D eigenvalue weighted by atomic mass is 32.1. The zero-order valence-electron chi connectivity index (χ0n) is 14.4. The minimum atomic E-state index is -2.88. The molecule has 0 atom stereocenters. The molecule has 138 valence electrons. The molecule has 0 amide bonds. The first kappa shape index (κ1) is 18.3. The van der Waals surface area contributed by atoms with Crippen LogP contribution in [-0.4, -0.2) is 35.4 Å². The Labute approximate surface area is 154 Å². The van der Waals surface area contributed by atoms with E-state index in [-0.39, 0.29) is 11.5 Å². The summed E-state index contributed by atoms with van der Waals surface area (Å²) in [6.45, 7) is -1.67. The van der Waals surface area contributed by atoms with Gasteiger partial charge in [-0.3, -0.25) is 9.58 Å². The third-order valence-corrected chi connectivity index (χ3v) is 4.42. The lowest BCUT2D eigenvalue weighted by molar-refractivity contribution is -0.0512. The Kier molecular flexibility index (Phi) is 5.85. The van der Waals surface area contributed by atoms with Crippen LogP contribution >= 0.6 is 11.3 Å². The molecule has 26 heavy (non-hydrogen) atoms. The Morgan fingerprint density at radius 2 is 2.08 bits per heavy atom.